The van der Waals surface area contributed by atoms with E-state index in [1.807, 2.05) is 0 Å². The van der Waals surface area contributed by atoms with Crippen molar-refractivity contribution in [2.45, 2.75) is 25.8 Å². The second-order valence-corrected chi connectivity index (χ2v) is 8.97. The molecule has 1 saturated heterocycles. The van der Waals surface area contributed by atoms with Crippen molar-refractivity contribution in [1.29, 1.82) is 0 Å². The molecular formula is C27H35N3O10. The SMILES string of the molecule is C=C(C)C(=O)OCCOCCOCCOCCOCCNc1cccc2c1C(=O)N(C1CCC(=O)NC1=O)C2=O. The predicted octanol–water partition coefficient (Wildman–Crippen LogP) is 0.685. The highest BCUT2D eigenvalue weighted by molar-refractivity contribution is 6.25. The topological polar surface area (TPSA) is 159 Å². The van der Waals surface area contributed by atoms with Crippen LogP contribution in [-0.2, 0) is 38.1 Å². The van der Waals surface area contributed by atoms with Crippen molar-refractivity contribution in [3.05, 3.63) is 41.5 Å². The molecule has 0 aliphatic carbocycles. The summed E-state index contributed by atoms with van der Waals surface area (Å²) in [7, 11) is 0. The van der Waals surface area contributed by atoms with E-state index < -0.39 is 35.6 Å². The normalized spacial score (nSPS) is 16.6. The quantitative estimate of drug-likeness (QED) is 0.112. The highest BCUT2D eigenvalue weighted by Gasteiger charge is 2.45. The monoisotopic (exact) mass is 561 g/mol. The number of nitrogens with one attached hydrogen (secondary N) is 2. The summed E-state index contributed by atoms with van der Waals surface area (Å²) in [5.41, 5.74) is 1.24. The molecule has 0 saturated carbocycles. The molecule has 2 aliphatic rings. The number of amides is 4. The number of esters is 1. The molecule has 0 spiro atoms. The molecule has 13 heteroatoms. The van der Waals surface area contributed by atoms with Crippen molar-refractivity contribution in [3.8, 4) is 0 Å². The minimum absolute atomic E-state index is 0.0652. The number of carbonyl (C=O) groups excluding carboxylic acids is 5. The van der Waals surface area contributed by atoms with Crippen molar-refractivity contribution in [1.82, 2.24) is 10.2 Å². The summed E-state index contributed by atoms with van der Waals surface area (Å²) in [5.74, 6) is -2.62. The van der Waals surface area contributed by atoms with E-state index >= 15 is 0 Å². The largest absolute Gasteiger partial charge is 0.460 e. The zero-order valence-corrected chi connectivity index (χ0v) is 22.5. The number of rotatable bonds is 18. The van der Waals surface area contributed by atoms with Gasteiger partial charge in [-0.25, -0.2) is 4.79 Å². The van der Waals surface area contributed by atoms with Gasteiger partial charge in [0, 0.05) is 24.2 Å². The Bertz CT molecular complexity index is 1110. The summed E-state index contributed by atoms with van der Waals surface area (Å²) < 4.78 is 26.6. The maximum absolute atomic E-state index is 13.1. The van der Waals surface area contributed by atoms with Gasteiger partial charge in [0.15, 0.2) is 0 Å². The molecule has 40 heavy (non-hydrogen) atoms. The van der Waals surface area contributed by atoms with Gasteiger partial charge in [-0.2, -0.15) is 0 Å². The third-order valence-corrected chi connectivity index (χ3v) is 5.96. The van der Waals surface area contributed by atoms with Gasteiger partial charge in [-0.3, -0.25) is 29.4 Å². The molecule has 1 atom stereocenters. The van der Waals surface area contributed by atoms with E-state index in [0.29, 0.717) is 64.1 Å². The number of benzene rings is 1. The molecule has 1 aromatic carbocycles. The zero-order valence-electron chi connectivity index (χ0n) is 22.5. The molecule has 4 amide bonds. The molecule has 0 radical (unpaired) electrons. The maximum Gasteiger partial charge on any atom is 0.333 e. The zero-order chi connectivity index (χ0) is 28.9. The lowest BCUT2D eigenvalue weighted by molar-refractivity contribution is -0.140. The lowest BCUT2D eigenvalue weighted by atomic mass is 10.0. The minimum Gasteiger partial charge on any atom is -0.460 e. The molecule has 2 N–H and O–H groups in total. The van der Waals surface area contributed by atoms with E-state index in [1.54, 1.807) is 25.1 Å². The van der Waals surface area contributed by atoms with Crippen LogP contribution in [0.1, 0.15) is 40.5 Å². The van der Waals surface area contributed by atoms with Crippen molar-refractivity contribution < 1.29 is 47.7 Å². The fraction of sp³-hybridized carbons (Fsp3) is 0.519. The first-order valence-corrected chi connectivity index (χ1v) is 13.0. The van der Waals surface area contributed by atoms with E-state index in [1.165, 1.54) is 0 Å². The van der Waals surface area contributed by atoms with E-state index in [-0.39, 0.29) is 37.2 Å². The number of piperidine rings is 1. The number of anilines is 1. The smallest absolute Gasteiger partial charge is 0.333 e. The van der Waals surface area contributed by atoms with Crippen LogP contribution in [0.5, 0.6) is 0 Å². The fourth-order valence-electron chi connectivity index (χ4n) is 4.00. The van der Waals surface area contributed by atoms with E-state index in [0.717, 1.165) is 4.90 Å². The summed E-state index contributed by atoms with van der Waals surface area (Å²) in [4.78, 5) is 61.8. The summed E-state index contributed by atoms with van der Waals surface area (Å²) in [6, 6.07) is 3.88. The van der Waals surface area contributed by atoms with Crippen LogP contribution >= 0.6 is 0 Å². The van der Waals surface area contributed by atoms with Crippen molar-refractivity contribution in [2.75, 3.05) is 71.3 Å². The van der Waals surface area contributed by atoms with Crippen LogP contribution in [0.3, 0.4) is 0 Å². The molecule has 2 aliphatic heterocycles. The van der Waals surface area contributed by atoms with Crippen molar-refractivity contribution >= 4 is 35.3 Å². The fourth-order valence-corrected chi connectivity index (χ4v) is 4.00. The van der Waals surface area contributed by atoms with Crippen LogP contribution in [0.2, 0.25) is 0 Å². The van der Waals surface area contributed by atoms with Crippen LogP contribution in [0.15, 0.2) is 30.4 Å². The van der Waals surface area contributed by atoms with Crippen LogP contribution in [0, 0.1) is 0 Å². The van der Waals surface area contributed by atoms with Gasteiger partial charge < -0.3 is 29.0 Å². The van der Waals surface area contributed by atoms with E-state index in [2.05, 4.69) is 17.2 Å². The molecular weight excluding hydrogens is 526 g/mol. The lowest BCUT2D eigenvalue weighted by Crippen LogP contribution is -2.54. The molecule has 1 aromatic rings. The summed E-state index contributed by atoms with van der Waals surface area (Å²) in [6.07, 6.45) is 0.168. The van der Waals surface area contributed by atoms with Gasteiger partial charge in [-0.15, -0.1) is 0 Å². The molecule has 3 rings (SSSR count). The van der Waals surface area contributed by atoms with Gasteiger partial charge in [-0.05, 0) is 25.5 Å². The van der Waals surface area contributed by atoms with E-state index in [4.69, 9.17) is 23.7 Å². The summed E-state index contributed by atoms with van der Waals surface area (Å²) in [5, 5.41) is 5.30. The van der Waals surface area contributed by atoms with Gasteiger partial charge in [0.25, 0.3) is 11.8 Å². The van der Waals surface area contributed by atoms with Crippen LogP contribution in [0.4, 0.5) is 5.69 Å². The molecule has 218 valence electrons. The standard InChI is InChI=1S/C27H35N3O10/c1-18(2)27(35)40-17-16-39-15-14-38-13-12-37-11-10-36-9-8-28-20-5-3-4-19-23(20)26(34)30(25(19)33)21-6-7-22(31)29-24(21)32/h3-5,21,28H,1,6-17H2,2H3,(H,29,31,32). The number of hydrogen-bond acceptors (Lipinski definition) is 11. The van der Waals surface area contributed by atoms with Gasteiger partial charge in [0.1, 0.15) is 12.6 Å². The Morgan fingerprint density at radius 2 is 1.52 bits per heavy atom. The summed E-state index contributed by atoms with van der Waals surface area (Å²) >= 11 is 0. The predicted molar refractivity (Wildman–Crippen MR) is 141 cm³/mol. The highest BCUT2D eigenvalue weighted by Crippen LogP contribution is 2.32. The van der Waals surface area contributed by atoms with Gasteiger partial charge >= 0.3 is 5.97 Å². The molecule has 2 heterocycles. The number of imide groups is 2. The first kappa shape index (κ1) is 30.9. The van der Waals surface area contributed by atoms with Crippen LogP contribution in [-0.4, -0.2) is 107 Å². The Labute approximate surface area is 232 Å². The van der Waals surface area contributed by atoms with Gasteiger partial charge in [0.2, 0.25) is 11.8 Å². The van der Waals surface area contributed by atoms with Crippen LogP contribution in [0.25, 0.3) is 0 Å². The Hall–Kier alpha value is -3.65. The third-order valence-electron chi connectivity index (χ3n) is 5.96. The Kier molecular flexibility index (Phi) is 12.2. The first-order chi connectivity index (χ1) is 19.3. The first-order valence-electron chi connectivity index (χ1n) is 13.0. The molecule has 1 unspecified atom stereocenters. The average molecular weight is 562 g/mol. The number of ether oxygens (including phenoxy) is 5. The van der Waals surface area contributed by atoms with Crippen molar-refractivity contribution in [3.63, 3.8) is 0 Å². The van der Waals surface area contributed by atoms with Crippen molar-refractivity contribution in [2.24, 2.45) is 0 Å². The Morgan fingerprint density at radius 3 is 2.12 bits per heavy atom. The molecule has 13 nitrogen and oxygen atoms in total. The minimum atomic E-state index is -1.01. The Morgan fingerprint density at radius 1 is 0.925 bits per heavy atom. The lowest BCUT2D eigenvalue weighted by Gasteiger charge is -2.27. The van der Waals surface area contributed by atoms with Gasteiger partial charge in [0.05, 0.1) is 64.0 Å². The summed E-state index contributed by atoms with van der Waals surface area (Å²) in [6.45, 7) is 8.54. The Balaban J connectivity index is 1.24. The number of fused-ring (bicyclic) bond motifs is 1. The number of hydrogen-bond donors (Lipinski definition) is 2. The molecule has 0 bridgehead atoms. The highest BCUT2D eigenvalue weighted by atomic mass is 16.6. The second-order valence-electron chi connectivity index (χ2n) is 8.97. The number of nitrogens with zero attached hydrogens (tertiary/aromatic N) is 1. The number of carbonyl (C=O) groups is 5. The molecule has 1 fully saturated rings. The molecule has 0 aromatic heterocycles. The van der Waals surface area contributed by atoms with E-state index in [9.17, 15) is 24.0 Å². The second kappa shape index (κ2) is 15.8. The maximum atomic E-state index is 13.1. The third kappa shape index (κ3) is 8.68. The van der Waals surface area contributed by atoms with Gasteiger partial charge in [-0.1, -0.05) is 12.6 Å². The van der Waals surface area contributed by atoms with Crippen LogP contribution < -0.4 is 10.6 Å². The average Bonchev–Trinajstić information content (AvgIpc) is 3.18.